The summed E-state index contributed by atoms with van der Waals surface area (Å²) in [5, 5.41) is 18.2. The Kier molecular flexibility index (Phi) is 16.8. The molecule has 0 spiro atoms. The Bertz CT molecular complexity index is 1630. The van der Waals surface area contributed by atoms with E-state index in [2.05, 4.69) is 36.2 Å². The van der Waals surface area contributed by atoms with Crippen molar-refractivity contribution < 1.29 is 14.8 Å². The third-order valence-corrected chi connectivity index (χ3v) is 10.1. The number of rotatable bonds is 23. The summed E-state index contributed by atoms with van der Waals surface area (Å²) in [7, 11) is 1.67. The number of anilines is 1. The van der Waals surface area contributed by atoms with Crippen LogP contribution < -0.4 is 20.2 Å². The predicted molar refractivity (Wildman–Crippen MR) is 206 cm³/mol. The number of pyridine rings is 2. The average Bonchev–Trinajstić information content (AvgIpc) is 3.10. The summed E-state index contributed by atoms with van der Waals surface area (Å²) in [4.78, 5) is 13.3. The second-order valence-electron chi connectivity index (χ2n) is 13.2. The molecule has 268 valence electrons. The van der Waals surface area contributed by atoms with E-state index in [9.17, 15) is 5.21 Å². The minimum absolute atomic E-state index is 0.516. The molecule has 0 radical (unpaired) electrons. The first-order valence-corrected chi connectivity index (χ1v) is 19.4. The maximum Gasteiger partial charge on any atom is 0.268 e. The van der Waals surface area contributed by atoms with Gasteiger partial charge in [-0.05, 0) is 49.2 Å². The fraction of sp³-hybridized carbons (Fsp3) is 0.550. The monoisotopic (exact) mass is 710 g/mol. The zero-order valence-corrected chi connectivity index (χ0v) is 31.5. The van der Waals surface area contributed by atoms with E-state index in [1.807, 2.05) is 36.5 Å². The second-order valence-corrected chi connectivity index (χ2v) is 14.1. The topological polar surface area (TPSA) is 65.9 Å². The number of hydrogen-bond donors (Lipinski definition) is 2. The zero-order chi connectivity index (χ0) is 34.8. The summed E-state index contributed by atoms with van der Waals surface area (Å²) in [5.41, 5.74) is 2.66. The van der Waals surface area contributed by atoms with Gasteiger partial charge in [-0.3, -0.25) is 14.7 Å². The molecular weight excluding hydrogens is 653 g/mol. The lowest BCUT2D eigenvalue weighted by molar-refractivity contribution is -0.865. The molecule has 2 aromatic carbocycles. The van der Waals surface area contributed by atoms with Crippen LogP contribution in [-0.4, -0.2) is 54.2 Å². The quantitative estimate of drug-likeness (QED) is 0.0457. The molecule has 0 amide bonds. The van der Waals surface area contributed by atoms with Crippen LogP contribution in [0.5, 0.6) is 0 Å². The predicted octanol–water partition coefficient (Wildman–Crippen LogP) is 9.87. The molecule has 7 nitrogen and oxygen atoms in total. The minimum Gasteiger partial charge on any atom is -0.428 e. The van der Waals surface area contributed by atoms with Gasteiger partial charge >= 0.3 is 0 Å². The van der Waals surface area contributed by atoms with E-state index in [-0.39, 0.29) is 0 Å². The van der Waals surface area contributed by atoms with Crippen molar-refractivity contribution >= 4 is 50.7 Å². The highest BCUT2D eigenvalue weighted by Gasteiger charge is 2.19. The number of benzene rings is 2. The van der Waals surface area contributed by atoms with Crippen LogP contribution in [-0.2, 0) is 0 Å². The summed E-state index contributed by atoms with van der Waals surface area (Å²) in [6, 6.07) is 16.0. The lowest BCUT2D eigenvalue weighted by Gasteiger charge is -2.32. The van der Waals surface area contributed by atoms with Crippen LogP contribution in [0.25, 0.3) is 21.8 Å². The molecule has 0 aliphatic heterocycles. The first-order chi connectivity index (χ1) is 23.9. The van der Waals surface area contributed by atoms with Gasteiger partial charge in [-0.1, -0.05) is 114 Å². The normalized spacial score (nSPS) is 12.2. The zero-order valence-electron chi connectivity index (χ0n) is 30.0. The Morgan fingerprint density at radius 2 is 1.45 bits per heavy atom. The molecule has 0 unspecified atom stereocenters. The van der Waals surface area contributed by atoms with Gasteiger partial charge in [-0.15, -0.1) is 0 Å². The van der Waals surface area contributed by atoms with Crippen LogP contribution in [0, 0.1) is 0 Å². The van der Waals surface area contributed by atoms with Gasteiger partial charge in [0.05, 0.1) is 28.5 Å². The summed E-state index contributed by atoms with van der Waals surface area (Å²) in [6.07, 6.45) is 21.8. The van der Waals surface area contributed by atoms with E-state index in [4.69, 9.17) is 33.0 Å². The van der Waals surface area contributed by atoms with Crippen LogP contribution in [0.3, 0.4) is 0 Å². The molecule has 9 heteroatoms. The van der Waals surface area contributed by atoms with Crippen molar-refractivity contribution in [3.05, 3.63) is 76.3 Å². The average molecular weight is 712 g/mol. The van der Waals surface area contributed by atoms with Crippen LogP contribution in [0.2, 0.25) is 10.0 Å². The summed E-state index contributed by atoms with van der Waals surface area (Å²) in [6.45, 7) is 7.85. The van der Waals surface area contributed by atoms with E-state index in [0.717, 1.165) is 51.7 Å². The standard InChI is InChI=1S/C40H57Cl2N5O2/c1-4-6-8-10-12-14-16-34(17-15-13-11-9-7-5-2)45(28-24-43-37-22-26-46(48)39-30-32(41)18-20-35(37)39)29-25-44-38-23-27-47(49-3)40-31-33(42)19-21-36(38)40/h18-23,26-27,30-31,34,48H,4-17,24-25,28-29H2,1-3H3/p+1. The van der Waals surface area contributed by atoms with E-state index in [1.54, 1.807) is 24.1 Å². The molecule has 0 saturated heterocycles. The van der Waals surface area contributed by atoms with Crippen LogP contribution in [0.1, 0.15) is 104 Å². The fourth-order valence-corrected chi connectivity index (χ4v) is 7.17. The Morgan fingerprint density at radius 3 is 2.12 bits per heavy atom. The first-order valence-electron chi connectivity index (χ1n) is 18.6. The molecule has 0 fully saturated rings. The van der Waals surface area contributed by atoms with Crippen molar-refractivity contribution in [2.24, 2.45) is 4.99 Å². The van der Waals surface area contributed by atoms with Crippen LogP contribution in [0.15, 0.2) is 65.9 Å². The second kappa shape index (κ2) is 21.3. The molecule has 0 saturated carbocycles. The van der Waals surface area contributed by atoms with Gasteiger partial charge in [-0.2, -0.15) is 4.73 Å². The smallest absolute Gasteiger partial charge is 0.268 e. The van der Waals surface area contributed by atoms with Crippen molar-refractivity contribution in [2.75, 3.05) is 38.6 Å². The lowest BCUT2D eigenvalue weighted by atomic mass is 9.98. The highest BCUT2D eigenvalue weighted by Crippen LogP contribution is 2.24. The van der Waals surface area contributed by atoms with Crippen LogP contribution >= 0.6 is 23.2 Å². The number of unbranched alkanes of at least 4 members (excludes halogenated alkanes) is 10. The largest absolute Gasteiger partial charge is 0.428 e. The Morgan fingerprint density at radius 1 is 0.816 bits per heavy atom. The number of aromatic nitrogens is 2. The Labute approximate surface area is 303 Å². The molecule has 2 heterocycles. The van der Waals surface area contributed by atoms with Crippen LogP contribution in [0.4, 0.5) is 5.69 Å². The number of hydrogen-bond acceptors (Lipinski definition) is 5. The Balaban J connectivity index is 1.53. The maximum absolute atomic E-state index is 10.4. The van der Waals surface area contributed by atoms with Gasteiger partial charge in [0.15, 0.2) is 0 Å². The van der Waals surface area contributed by atoms with Crippen molar-refractivity contribution in [3.8, 4) is 0 Å². The van der Waals surface area contributed by atoms with Gasteiger partial charge in [0.1, 0.15) is 7.11 Å². The molecule has 4 aromatic rings. The third kappa shape index (κ3) is 12.1. The summed E-state index contributed by atoms with van der Waals surface area (Å²) < 4.78 is 2.86. The Hall–Kier alpha value is -3.00. The van der Waals surface area contributed by atoms with Crippen molar-refractivity contribution in [3.63, 3.8) is 0 Å². The van der Waals surface area contributed by atoms with Gasteiger partial charge in [0, 0.05) is 64.2 Å². The minimum atomic E-state index is 0.516. The molecule has 2 aromatic heterocycles. The van der Waals surface area contributed by atoms with E-state index < -0.39 is 0 Å². The van der Waals surface area contributed by atoms with Gasteiger partial charge in [-0.25, -0.2) is 0 Å². The maximum atomic E-state index is 10.4. The number of halogens is 2. The number of fused-ring (bicyclic) bond motifs is 2. The molecule has 49 heavy (non-hydrogen) atoms. The number of nitrogens with zero attached hydrogens (tertiary/aromatic N) is 4. The SMILES string of the molecule is CCCCCCCCC(CCCCCCCC)N(CCN=c1ccn(O)c2cc(Cl)ccc12)CCNc1cc[n+](OC)c2cc(Cl)ccc12. The fourth-order valence-electron chi connectivity index (χ4n) is 6.84. The van der Waals surface area contributed by atoms with Gasteiger partial charge in [0.25, 0.3) is 5.52 Å². The first kappa shape index (κ1) is 38.8. The molecule has 0 aliphatic rings. The number of nitrogens with one attached hydrogen (secondary N) is 1. The van der Waals surface area contributed by atoms with E-state index >= 15 is 0 Å². The molecular formula is C40H58Cl2N5O2+. The van der Waals surface area contributed by atoms with Crippen molar-refractivity contribution in [2.45, 2.75) is 110 Å². The van der Waals surface area contributed by atoms with E-state index in [0.29, 0.717) is 28.1 Å². The molecule has 0 aliphatic carbocycles. The van der Waals surface area contributed by atoms with Crippen molar-refractivity contribution in [1.29, 1.82) is 0 Å². The van der Waals surface area contributed by atoms with Crippen molar-refractivity contribution in [1.82, 2.24) is 9.63 Å². The van der Waals surface area contributed by atoms with Gasteiger partial charge in [0.2, 0.25) is 6.20 Å². The molecule has 0 atom stereocenters. The molecule has 2 N–H and O–H groups in total. The highest BCUT2D eigenvalue weighted by atomic mass is 35.5. The highest BCUT2D eigenvalue weighted by molar-refractivity contribution is 6.31. The lowest BCUT2D eigenvalue weighted by Crippen LogP contribution is -2.41. The summed E-state index contributed by atoms with van der Waals surface area (Å²) >= 11 is 12.6. The van der Waals surface area contributed by atoms with E-state index in [1.165, 1.54) is 89.9 Å². The molecule has 4 rings (SSSR count). The third-order valence-electron chi connectivity index (χ3n) is 9.60. The summed E-state index contributed by atoms with van der Waals surface area (Å²) in [5.74, 6) is 0. The van der Waals surface area contributed by atoms with Gasteiger partial charge < -0.3 is 10.5 Å². The molecule has 0 bridgehead atoms.